The summed E-state index contributed by atoms with van der Waals surface area (Å²) < 4.78 is 5.83. The molecular formula is C26H30O2. The maximum Gasteiger partial charge on any atom is 0.339 e. The normalized spacial score (nSPS) is 21.2. The van der Waals surface area contributed by atoms with E-state index in [2.05, 4.69) is 65.5 Å². The van der Waals surface area contributed by atoms with Crippen LogP contribution in [0.2, 0.25) is 0 Å². The number of cyclic esters (lactones) is 1. The average molecular weight is 375 g/mol. The highest BCUT2D eigenvalue weighted by atomic mass is 16.5. The molecule has 2 nitrogen and oxygen atoms in total. The van der Waals surface area contributed by atoms with Crippen LogP contribution in [0.1, 0.15) is 91.2 Å². The lowest BCUT2D eigenvalue weighted by molar-refractivity contribution is 0.0147. The van der Waals surface area contributed by atoms with Crippen LogP contribution in [-0.2, 0) is 16.6 Å². The molecule has 28 heavy (non-hydrogen) atoms. The number of hydrogen-bond donors (Lipinski definition) is 0. The molecule has 0 saturated carbocycles. The molecule has 0 amide bonds. The van der Waals surface area contributed by atoms with Crippen molar-refractivity contribution in [2.45, 2.75) is 64.9 Å². The van der Waals surface area contributed by atoms with Gasteiger partial charge in [-0.1, -0.05) is 71.0 Å². The first kappa shape index (κ1) is 19.0. The van der Waals surface area contributed by atoms with Crippen molar-refractivity contribution in [3.05, 3.63) is 82.4 Å². The minimum Gasteiger partial charge on any atom is -0.453 e. The Bertz CT molecular complexity index is 959. The van der Waals surface area contributed by atoms with Crippen molar-refractivity contribution in [2.75, 3.05) is 0 Å². The molecule has 0 aromatic heterocycles. The first-order valence-corrected chi connectivity index (χ1v) is 10.2. The number of rotatable bonds is 3. The molecule has 146 valence electrons. The van der Waals surface area contributed by atoms with Gasteiger partial charge in [0, 0.05) is 16.9 Å². The molecule has 2 aromatic rings. The van der Waals surface area contributed by atoms with E-state index in [-0.39, 0.29) is 22.9 Å². The van der Waals surface area contributed by atoms with Crippen molar-refractivity contribution >= 4 is 5.97 Å². The van der Waals surface area contributed by atoms with E-state index in [0.29, 0.717) is 5.92 Å². The van der Waals surface area contributed by atoms with E-state index in [1.807, 2.05) is 18.2 Å². The van der Waals surface area contributed by atoms with Gasteiger partial charge < -0.3 is 4.74 Å². The Morgan fingerprint density at radius 3 is 2.50 bits per heavy atom. The van der Waals surface area contributed by atoms with Gasteiger partial charge in [0.15, 0.2) is 0 Å². The smallest absolute Gasteiger partial charge is 0.339 e. The van der Waals surface area contributed by atoms with Crippen LogP contribution in [0, 0.1) is 5.41 Å². The second-order valence-electron chi connectivity index (χ2n) is 9.87. The molecule has 2 aromatic carbocycles. The van der Waals surface area contributed by atoms with E-state index >= 15 is 0 Å². The van der Waals surface area contributed by atoms with E-state index in [0.717, 1.165) is 24.0 Å². The largest absolute Gasteiger partial charge is 0.453 e. The van der Waals surface area contributed by atoms with E-state index < -0.39 is 0 Å². The summed E-state index contributed by atoms with van der Waals surface area (Å²) in [4.78, 5) is 12.5. The zero-order valence-electron chi connectivity index (χ0n) is 17.6. The molecule has 0 saturated heterocycles. The molecule has 1 aliphatic carbocycles. The Labute approximate surface area is 168 Å². The van der Waals surface area contributed by atoms with Gasteiger partial charge in [-0.25, -0.2) is 4.79 Å². The predicted molar refractivity (Wildman–Crippen MR) is 114 cm³/mol. The molecule has 1 aliphatic heterocycles. The quantitative estimate of drug-likeness (QED) is 0.453. The summed E-state index contributed by atoms with van der Waals surface area (Å²) in [7, 11) is 0. The lowest BCUT2D eigenvalue weighted by Crippen LogP contribution is -2.21. The van der Waals surface area contributed by atoms with Crippen molar-refractivity contribution in [2.24, 2.45) is 5.41 Å². The van der Waals surface area contributed by atoms with Gasteiger partial charge in [-0.05, 0) is 46.6 Å². The molecule has 0 fully saturated rings. The fourth-order valence-corrected chi connectivity index (χ4v) is 4.62. The third kappa shape index (κ3) is 2.90. The lowest BCUT2D eigenvalue weighted by atomic mass is 9.77. The van der Waals surface area contributed by atoms with E-state index in [9.17, 15) is 4.79 Å². The van der Waals surface area contributed by atoms with Crippen LogP contribution in [0.4, 0.5) is 0 Å². The fraction of sp³-hybridized carbons (Fsp3) is 0.423. The summed E-state index contributed by atoms with van der Waals surface area (Å²) in [5.74, 6) is 0.106. The lowest BCUT2D eigenvalue weighted by Gasteiger charge is -2.29. The van der Waals surface area contributed by atoms with E-state index in [4.69, 9.17) is 4.74 Å². The molecule has 2 heteroatoms. The van der Waals surface area contributed by atoms with Gasteiger partial charge >= 0.3 is 5.97 Å². The maximum atomic E-state index is 12.5. The Kier molecular flexibility index (Phi) is 4.30. The standard InChI is InChI=1S/C26H30O2/c1-7-26(5,6)23-22-20(9-8-10-21(22)24(27)28-23)19-13-11-16-15-17(25(2,3)4)12-14-18(16)19/h7-10,12,14-15,19,23H,1,11,13H2,2-6H3. The third-order valence-corrected chi connectivity index (χ3v) is 6.51. The summed E-state index contributed by atoms with van der Waals surface area (Å²) in [6.07, 6.45) is 3.78. The van der Waals surface area contributed by atoms with Crippen LogP contribution in [0.25, 0.3) is 0 Å². The second kappa shape index (κ2) is 6.34. The van der Waals surface area contributed by atoms with Crippen molar-refractivity contribution in [1.29, 1.82) is 0 Å². The highest BCUT2D eigenvalue weighted by Gasteiger charge is 2.43. The van der Waals surface area contributed by atoms with Crippen molar-refractivity contribution in [1.82, 2.24) is 0 Å². The second-order valence-corrected chi connectivity index (χ2v) is 9.87. The van der Waals surface area contributed by atoms with Gasteiger partial charge in [0.2, 0.25) is 0 Å². The molecule has 4 rings (SSSR count). The number of ether oxygens (including phenoxy) is 1. The van der Waals surface area contributed by atoms with Crippen LogP contribution in [0.5, 0.6) is 0 Å². The molecule has 2 unspecified atom stereocenters. The predicted octanol–water partition coefficient (Wildman–Crippen LogP) is 6.49. The summed E-state index contributed by atoms with van der Waals surface area (Å²) in [6.45, 7) is 14.9. The molecule has 2 atom stereocenters. The third-order valence-electron chi connectivity index (χ3n) is 6.51. The molecule has 0 bridgehead atoms. The maximum absolute atomic E-state index is 12.5. The highest BCUT2D eigenvalue weighted by molar-refractivity contribution is 5.94. The number of carbonyl (C=O) groups excluding carboxylic acids is 1. The minimum absolute atomic E-state index is 0.153. The van der Waals surface area contributed by atoms with Crippen molar-refractivity contribution in [3.8, 4) is 0 Å². The number of fused-ring (bicyclic) bond motifs is 2. The van der Waals surface area contributed by atoms with Crippen LogP contribution in [-0.4, -0.2) is 5.97 Å². The fourth-order valence-electron chi connectivity index (χ4n) is 4.62. The van der Waals surface area contributed by atoms with E-state index in [1.54, 1.807) is 0 Å². The van der Waals surface area contributed by atoms with Gasteiger partial charge in [0.05, 0.1) is 5.56 Å². The summed E-state index contributed by atoms with van der Waals surface area (Å²) >= 11 is 0. The highest BCUT2D eigenvalue weighted by Crippen LogP contribution is 2.50. The first-order valence-electron chi connectivity index (χ1n) is 10.2. The Morgan fingerprint density at radius 2 is 1.82 bits per heavy atom. The monoisotopic (exact) mass is 374 g/mol. The molecule has 0 radical (unpaired) electrons. The van der Waals surface area contributed by atoms with Gasteiger partial charge in [-0.15, -0.1) is 6.58 Å². The molecule has 0 N–H and O–H groups in total. The zero-order valence-corrected chi connectivity index (χ0v) is 17.6. The van der Waals surface area contributed by atoms with Gasteiger partial charge in [-0.3, -0.25) is 0 Å². The first-order chi connectivity index (χ1) is 13.1. The Morgan fingerprint density at radius 1 is 1.07 bits per heavy atom. The molecule has 2 aliphatic rings. The van der Waals surface area contributed by atoms with Crippen molar-refractivity contribution in [3.63, 3.8) is 0 Å². The number of esters is 1. The zero-order chi connectivity index (χ0) is 20.3. The number of benzene rings is 2. The van der Waals surface area contributed by atoms with E-state index in [1.165, 1.54) is 22.3 Å². The molecular weight excluding hydrogens is 344 g/mol. The Balaban J connectivity index is 1.82. The van der Waals surface area contributed by atoms with Crippen LogP contribution < -0.4 is 0 Å². The minimum atomic E-state index is -0.311. The molecule has 1 heterocycles. The number of hydrogen-bond acceptors (Lipinski definition) is 2. The van der Waals surface area contributed by atoms with Crippen molar-refractivity contribution < 1.29 is 9.53 Å². The average Bonchev–Trinajstić information content (AvgIpc) is 3.22. The van der Waals surface area contributed by atoms with Crippen LogP contribution >= 0.6 is 0 Å². The van der Waals surface area contributed by atoms with Gasteiger partial charge in [-0.2, -0.15) is 0 Å². The SMILES string of the molecule is C=CC(C)(C)C1OC(=O)c2cccc(C3CCc4cc(C(C)(C)C)ccc43)c21. The summed E-state index contributed by atoms with van der Waals surface area (Å²) in [5.41, 5.74) is 7.09. The van der Waals surface area contributed by atoms with Crippen LogP contribution in [0.3, 0.4) is 0 Å². The topological polar surface area (TPSA) is 26.3 Å². The Hall–Kier alpha value is -2.35. The van der Waals surface area contributed by atoms with Gasteiger partial charge in [0.25, 0.3) is 0 Å². The van der Waals surface area contributed by atoms with Crippen LogP contribution in [0.15, 0.2) is 49.1 Å². The number of carbonyl (C=O) groups is 1. The summed E-state index contributed by atoms with van der Waals surface area (Å²) in [6, 6.07) is 13.0. The van der Waals surface area contributed by atoms with Gasteiger partial charge in [0.1, 0.15) is 6.10 Å². The number of aryl methyl sites for hydroxylation is 1. The molecule has 0 spiro atoms. The summed E-state index contributed by atoms with van der Waals surface area (Å²) in [5, 5.41) is 0.